The summed E-state index contributed by atoms with van der Waals surface area (Å²) >= 11 is 0. The Morgan fingerprint density at radius 2 is 2.12 bits per heavy atom. The van der Waals surface area contributed by atoms with Crippen LogP contribution in [-0.4, -0.2) is 24.6 Å². The largest absolute Gasteiger partial charge is 0.371 e. The molecule has 2 heterocycles. The molecule has 2 unspecified atom stereocenters. The van der Waals surface area contributed by atoms with Gasteiger partial charge in [-0.15, -0.1) is 0 Å². The van der Waals surface area contributed by atoms with Crippen LogP contribution in [0.15, 0.2) is 18.3 Å². The van der Waals surface area contributed by atoms with Gasteiger partial charge in [0.15, 0.2) is 0 Å². The number of hydrogen-bond donors (Lipinski definition) is 1. The van der Waals surface area contributed by atoms with Crippen molar-refractivity contribution in [3.63, 3.8) is 0 Å². The molecule has 2 aliphatic rings. The van der Waals surface area contributed by atoms with Crippen LogP contribution in [-0.2, 0) is 0 Å². The van der Waals surface area contributed by atoms with Crippen LogP contribution in [0.25, 0.3) is 0 Å². The molecule has 2 atom stereocenters. The van der Waals surface area contributed by atoms with Gasteiger partial charge in [0.2, 0.25) is 0 Å². The fourth-order valence-electron chi connectivity index (χ4n) is 3.34. The number of rotatable bonds is 3. The van der Waals surface area contributed by atoms with Crippen LogP contribution in [0.4, 0.5) is 11.5 Å². The molecule has 2 fully saturated rings. The molecule has 0 radical (unpaired) electrons. The van der Waals surface area contributed by atoms with Crippen molar-refractivity contribution < 1.29 is 0 Å². The van der Waals surface area contributed by atoms with Gasteiger partial charge in [-0.1, -0.05) is 6.42 Å². The molecule has 1 aromatic rings. The summed E-state index contributed by atoms with van der Waals surface area (Å²) in [5.74, 6) is 2.90. The average Bonchev–Trinajstić information content (AvgIpc) is 2.89. The number of fused-ring (bicyclic) bond motifs is 1. The minimum atomic E-state index is 0.932. The Bertz CT molecular complexity index is 379. The lowest BCUT2D eigenvalue weighted by molar-refractivity contribution is 0.494. The minimum absolute atomic E-state index is 0.932. The van der Waals surface area contributed by atoms with Gasteiger partial charge < -0.3 is 10.2 Å². The molecule has 1 aliphatic heterocycles. The molecule has 3 rings (SSSR count). The lowest BCUT2D eigenvalue weighted by Crippen LogP contribution is -2.20. The Hall–Kier alpha value is -1.25. The van der Waals surface area contributed by atoms with Gasteiger partial charge in [-0.3, -0.25) is 0 Å². The maximum absolute atomic E-state index is 4.33. The highest BCUT2D eigenvalue weighted by Crippen LogP contribution is 2.39. The quantitative estimate of drug-likeness (QED) is 0.867. The van der Waals surface area contributed by atoms with Crippen LogP contribution >= 0.6 is 0 Å². The SMILES string of the molecule is CCNc1cc(N2CC3CCCC3C2)ccn1. The van der Waals surface area contributed by atoms with Crippen molar-refractivity contribution in [1.82, 2.24) is 4.98 Å². The van der Waals surface area contributed by atoms with Gasteiger partial charge in [0.05, 0.1) is 0 Å². The lowest BCUT2D eigenvalue weighted by Gasteiger charge is -2.20. The predicted octanol–water partition coefficient (Wildman–Crippen LogP) is 2.75. The summed E-state index contributed by atoms with van der Waals surface area (Å²) in [5.41, 5.74) is 1.34. The zero-order chi connectivity index (χ0) is 11.7. The third-order valence-corrected chi connectivity index (χ3v) is 4.19. The Kier molecular flexibility index (Phi) is 2.91. The first-order chi connectivity index (χ1) is 8.36. The second-order valence-electron chi connectivity index (χ2n) is 5.29. The molecule has 1 aromatic heterocycles. The summed E-state index contributed by atoms with van der Waals surface area (Å²) in [6.07, 6.45) is 6.24. The third-order valence-electron chi connectivity index (χ3n) is 4.19. The van der Waals surface area contributed by atoms with E-state index < -0.39 is 0 Å². The van der Waals surface area contributed by atoms with Gasteiger partial charge in [0.25, 0.3) is 0 Å². The van der Waals surface area contributed by atoms with E-state index in [-0.39, 0.29) is 0 Å². The summed E-state index contributed by atoms with van der Waals surface area (Å²) in [6, 6.07) is 4.33. The van der Waals surface area contributed by atoms with Crippen LogP contribution in [0.2, 0.25) is 0 Å². The molecule has 0 spiro atoms. The number of nitrogens with zero attached hydrogens (tertiary/aromatic N) is 2. The first kappa shape index (κ1) is 10.9. The van der Waals surface area contributed by atoms with Crippen LogP contribution < -0.4 is 10.2 Å². The average molecular weight is 231 g/mol. The van der Waals surface area contributed by atoms with E-state index >= 15 is 0 Å². The van der Waals surface area contributed by atoms with Crippen LogP contribution in [0.3, 0.4) is 0 Å². The number of hydrogen-bond acceptors (Lipinski definition) is 3. The molecule has 92 valence electrons. The second-order valence-corrected chi connectivity index (χ2v) is 5.29. The summed E-state index contributed by atoms with van der Waals surface area (Å²) in [4.78, 5) is 6.87. The number of pyridine rings is 1. The first-order valence-corrected chi connectivity index (χ1v) is 6.81. The molecular weight excluding hydrogens is 210 g/mol. The smallest absolute Gasteiger partial charge is 0.127 e. The lowest BCUT2D eigenvalue weighted by atomic mass is 10.0. The van der Waals surface area contributed by atoms with E-state index in [4.69, 9.17) is 0 Å². The summed E-state index contributed by atoms with van der Waals surface area (Å²) in [6.45, 7) is 5.54. The van der Waals surface area contributed by atoms with Crippen molar-refractivity contribution in [3.8, 4) is 0 Å². The highest BCUT2D eigenvalue weighted by Gasteiger charge is 2.36. The maximum atomic E-state index is 4.33. The summed E-state index contributed by atoms with van der Waals surface area (Å²) in [5, 5.41) is 3.28. The highest BCUT2D eigenvalue weighted by atomic mass is 15.2. The van der Waals surface area contributed by atoms with Crippen molar-refractivity contribution in [3.05, 3.63) is 18.3 Å². The number of anilines is 2. The second kappa shape index (κ2) is 4.55. The molecule has 1 saturated carbocycles. The van der Waals surface area contributed by atoms with Gasteiger partial charge in [0, 0.05) is 37.6 Å². The zero-order valence-corrected chi connectivity index (χ0v) is 10.5. The van der Waals surface area contributed by atoms with Crippen LogP contribution in [0, 0.1) is 11.8 Å². The fourth-order valence-corrected chi connectivity index (χ4v) is 3.34. The van der Waals surface area contributed by atoms with E-state index in [2.05, 4.69) is 34.3 Å². The Balaban J connectivity index is 1.74. The van der Waals surface area contributed by atoms with E-state index in [0.29, 0.717) is 0 Å². The van der Waals surface area contributed by atoms with Gasteiger partial charge in [-0.05, 0) is 37.7 Å². The summed E-state index contributed by atoms with van der Waals surface area (Å²) in [7, 11) is 0. The van der Waals surface area contributed by atoms with Crippen molar-refractivity contribution in [2.45, 2.75) is 26.2 Å². The van der Waals surface area contributed by atoms with Crippen molar-refractivity contribution in [1.29, 1.82) is 0 Å². The zero-order valence-electron chi connectivity index (χ0n) is 10.5. The minimum Gasteiger partial charge on any atom is -0.371 e. The molecule has 0 amide bonds. The van der Waals surface area contributed by atoms with Gasteiger partial charge in [0.1, 0.15) is 5.82 Å². The van der Waals surface area contributed by atoms with Crippen molar-refractivity contribution in [2.24, 2.45) is 11.8 Å². The van der Waals surface area contributed by atoms with Crippen LogP contribution in [0.5, 0.6) is 0 Å². The highest BCUT2D eigenvalue weighted by molar-refractivity contribution is 5.54. The third kappa shape index (κ3) is 2.11. The molecule has 3 heteroatoms. The Labute approximate surface area is 103 Å². The predicted molar refractivity (Wildman–Crippen MR) is 71.4 cm³/mol. The maximum Gasteiger partial charge on any atom is 0.127 e. The molecule has 0 aromatic carbocycles. The monoisotopic (exact) mass is 231 g/mol. The molecular formula is C14H21N3. The molecule has 1 saturated heterocycles. The van der Waals surface area contributed by atoms with E-state index in [1.807, 2.05) is 6.20 Å². The Morgan fingerprint density at radius 1 is 1.35 bits per heavy atom. The summed E-state index contributed by atoms with van der Waals surface area (Å²) < 4.78 is 0. The van der Waals surface area contributed by atoms with E-state index in [1.165, 1.54) is 38.0 Å². The number of nitrogens with one attached hydrogen (secondary N) is 1. The van der Waals surface area contributed by atoms with Crippen LogP contribution in [0.1, 0.15) is 26.2 Å². The fraction of sp³-hybridized carbons (Fsp3) is 0.643. The molecule has 1 aliphatic carbocycles. The molecule has 1 N–H and O–H groups in total. The topological polar surface area (TPSA) is 28.2 Å². The van der Waals surface area contributed by atoms with Crippen molar-refractivity contribution in [2.75, 3.05) is 29.9 Å². The normalized spacial score (nSPS) is 27.2. The van der Waals surface area contributed by atoms with E-state index in [1.54, 1.807) is 0 Å². The first-order valence-electron chi connectivity index (χ1n) is 6.81. The standard InChI is InChI=1S/C14H21N3/c1-2-15-14-8-13(6-7-16-14)17-9-11-4-3-5-12(11)10-17/h6-8,11-12H,2-5,9-10H2,1H3,(H,15,16). The van der Waals surface area contributed by atoms with Gasteiger partial charge in [-0.25, -0.2) is 4.98 Å². The van der Waals surface area contributed by atoms with Gasteiger partial charge >= 0.3 is 0 Å². The molecule has 0 bridgehead atoms. The van der Waals surface area contributed by atoms with Gasteiger partial charge in [-0.2, -0.15) is 0 Å². The van der Waals surface area contributed by atoms with Crippen molar-refractivity contribution >= 4 is 11.5 Å². The molecule has 17 heavy (non-hydrogen) atoms. The molecule has 3 nitrogen and oxygen atoms in total. The van der Waals surface area contributed by atoms with E-state index in [9.17, 15) is 0 Å². The Morgan fingerprint density at radius 3 is 2.82 bits per heavy atom. The van der Waals surface area contributed by atoms with E-state index in [0.717, 1.165) is 24.2 Å². The number of aromatic nitrogens is 1.